The van der Waals surface area contributed by atoms with Crippen molar-refractivity contribution in [3.63, 3.8) is 0 Å². The summed E-state index contributed by atoms with van der Waals surface area (Å²) < 4.78 is 27.8. The number of pyridine rings is 1. The monoisotopic (exact) mass is 576 g/mol. The number of nitrogens with one attached hydrogen (secondary N) is 2. The Morgan fingerprint density at radius 1 is 0.976 bits per heavy atom. The highest BCUT2D eigenvalue weighted by Crippen LogP contribution is 2.14. The molecule has 3 N–H and O–H groups in total. The van der Waals surface area contributed by atoms with E-state index in [4.69, 9.17) is 0 Å². The molecule has 0 aliphatic carbocycles. The summed E-state index contributed by atoms with van der Waals surface area (Å²) in [5.41, 5.74) is 2.53. The fourth-order valence-electron chi connectivity index (χ4n) is 4.65. The Kier molecular flexibility index (Phi) is 12.6. The van der Waals surface area contributed by atoms with E-state index < -0.39 is 29.7 Å². The summed E-state index contributed by atoms with van der Waals surface area (Å²) >= 11 is 0. The molecule has 2 aromatic carbocycles. The summed E-state index contributed by atoms with van der Waals surface area (Å²) in [5.74, 6) is 3.57. The lowest BCUT2D eigenvalue weighted by Crippen LogP contribution is -2.48. The first-order valence-corrected chi connectivity index (χ1v) is 14.1. The molecule has 1 heterocycles. The zero-order valence-electron chi connectivity index (χ0n) is 24.3. The number of carbonyl (C=O) groups is 2. The minimum atomic E-state index is -1.11. The first-order valence-electron chi connectivity index (χ1n) is 14.1. The number of hydrogen-bond donors (Lipinski definition) is 3. The van der Waals surface area contributed by atoms with Gasteiger partial charge in [-0.1, -0.05) is 31.9 Å². The van der Waals surface area contributed by atoms with Gasteiger partial charge in [-0.2, -0.15) is 0 Å². The van der Waals surface area contributed by atoms with E-state index >= 15 is 0 Å². The number of rotatable bonds is 14. The molecule has 7 nitrogen and oxygen atoms in total. The van der Waals surface area contributed by atoms with Crippen LogP contribution in [0.25, 0.3) is 0 Å². The van der Waals surface area contributed by atoms with Gasteiger partial charge in [0.2, 0.25) is 0 Å². The average molecular weight is 577 g/mol. The lowest BCUT2D eigenvalue weighted by molar-refractivity contribution is 0.0755. The van der Waals surface area contributed by atoms with E-state index in [0.717, 1.165) is 30.0 Å². The molecule has 2 atom stereocenters. The van der Waals surface area contributed by atoms with Gasteiger partial charge in [0.25, 0.3) is 11.8 Å². The van der Waals surface area contributed by atoms with Gasteiger partial charge in [0, 0.05) is 50.2 Å². The molecule has 0 spiro atoms. The smallest absolute Gasteiger partial charge is 0.255 e. The van der Waals surface area contributed by atoms with Gasteiger partial charge < -0.3 is 20.6 Å². The second-order valence-corrected chi connectivity index (χ2v) is 10.1. The lowest BCUT2D eigenvalue weighted by Gasteiger charge is -2.25. The Morgan fingerprint density at radius 3 is 2.33 bits per heavy atom. The molecule has 0 saturated heterocycles. The highest BCUT2D eigenvalue weighted by molar-refractivity contribution is 5.99. The van der Waals surface area contributed by atoms with Gasteiger partial charge in [0.1, 0.15) is 11.6 Å². The number of aromatic nitrogens is 1. The summed E-state index contributed by atoms with van der Waals surface area (Å²) in [5, 5.41) is 17.0. The molecule has 42 heavy (non-hydrogen) atoms. The SMILES string of the molecule is CC#Cc1cccc(CNC[C@@H](O)[C@H](Cc2cc(F)cc(F)c2)NC(=O)c2cncc(C(=O)N(CCC)CCC)c2)c1. The van der Waals surface area contributed by atoms with Crippen molar-refractivity contribution in [1.82, 2.24) is 20.5 Å². The summed E-state index contributed by atoms with van der Waals surface area (Å²) in [7, 11) is 0. The fourth-order valence-corrected chi connectivity index (χ4v) is 4.65. The molecule has 0 aliphatic heterocycles. The zero-order valence-corrected chi connectivity index (χ0v) is 24.3. The molecule has 0 fully saturated rings. The van der Waals surface area contributed by atoms with Gasteiger partial charge in [-0.15, -0.1) is 5.92 Å². The van der Waals surface area contributed by atoms with Crippen molar-refractivity contribution in [2.75, 3.05) is 19.6 Å². The third-order valence-corrected chi connectivity index (χ3v) is 6.56. The maximum Gasteiger partial charge on any atom is 0.255 e. The third-order valence-electron chi connectivity index (χ3n) is 6.56. The molecule has 0 aliphatic rings. The van der Waals surface area contributed by atoms with Gasteiger partial charge >= 0.3 is 0 Å². The Morgan fingerprint density at radius 2 is 1.67 bits per heavy atom. The minimum Gasteiger partial charge on any atom is -0.390 e. The average Bonchev–Trinajstić information content (AvgIpc) is 2.96. The standard InChI is InChI=1S/C33H38F2N4O3/c1-4-8-23-9-7-10-24(13-23)19-36-22-31(40)30(16-25-14-28(34)18-29(35)15-25)38-32(41)26-17-27(21-37-20-26)33(42)39(11-5-2)12-6-3/h7,9-10,13-15,17-18,20-21,30-31,36,40H,5-6,11-12,16,19,22H2,1-3H3,(H,38,41)/t30-,31+/m0/s1. The van der Waals surface area contributed by atoms with Crippen molar-refractivity contribution in [3.8, 4) is 11.8 Å². The molecule has 3 rings (SSSR count). The highest BCUT2D eigenvalue weighted by atomic mass is 19.1. The zero-order chi connectivity index (χ0) is 30.5. The Balaban J connectivity index is 1.77. The molecule has 222 valence electrons. The van der Waals surface area contributed by atoms with Crippen LogP contribution in [0.3, 0.4) is 0 Å². The fraction of sp³-hybridized carbons (Fsp3) is 0.364. The Hall–Kier alpha value is -4.13. The molecular weight excluding hydrogens is 538 g/mol. The Labute approximate surface area is 246 Å². The van der Waals surface area contributed by atoms with Crippen LogP contribution < -0.4 is 10.6 Å². The number of aliphatic hydroxyl groups is 1. The summed E-state index contributed by atoms with van der Waals surface area (Å²) in [4.78, 5) is 32.2. The van der Waals surface area contributed by atoms with Crippen molar-refractivity contribution in [2.24, 2.45) is 0 Å². The molecule has 2 amide bonds. The Bertz CT molecular complexity index is 1390. The molecule has 3 aromatic rings. The predicted molar refractivity (Wildman–Crippen MR) is 159 cm³/mol. The molecular formula is C33H38F2N4O3. The third kappa shape index (κ3) is 9.75. The van der Waals surface area contributed by atoms with Crippen molar-refractivity contribution < 1.29 is 23.5 Å². The quantitative estimate of drug-likeness (QED) is 0.246. The number of nitrogens with zero attached hydrogens (tertiary/aromatic N) is 2. The van der Waals surface area contributed by atoms with Crippen LogP contribution in [0.5, 0.6) is 0 Å². The first kappa shape index (κ1) is 32.4. The van der Waals surface area contributed by atoms with Gasteiger partial charge in [-0.25, -0.2) is 8.78 Å². The lowest BCUT2D eigenvalue weighted by atomic mass is 10.00. The van der Waals surface area contributed by atoms with Gasteiger partial charge in [-0.3, -0.25) is 14.6 Å². The number of hydrogen-bond acceptors (Lipinski definition) is 5. The van der Waals surface area contributed by atoms with Crippen molar-refractivity contribution in [3.05, 3.63) is 100 Å². The molecule has 0 bridgehead atoms. The maximum atomic E-state index is 13.9. The number of carbonyl (C=O) groups excluding carboxylic acids is 2. The van der Waals surface area contributed by atoms with Gasteiger partial charge in [0.15, 0.2) is 0 Å². The van der Waals surface area contributed by atoms with Crippen LogP contribution in [0.4, 0.5) is 8.78 Å². The van der Waals surface area contributed by atoms with Crippen LogP contribution in [-0.2, 0) is 13.0 Å². The van der Waals surface area contributed by atoms with Crippen molar-refractivity contribution >= 4 is 11.8 Å². The van der Waals surface area contributed by atoms with Crippen molar-refractivity contribution in [2.45, 2.75) is 58.7 Å². The van der Waals surface area contributed by atoms with Crippen LogP contribution in [0.1, 0.15) is 71.0 Å². The van der Waals surface area contributed by atoms with E-state index in [1.165, 1.54) is 30.6 Å². The molecule has 0 unspecified atom stereocenters. The summed E-state index contributed by atoms with van der Waals surface area (Å²) in [6, 6.07) is 11.3. The largest absolute Gasteiger partial charge is 0.390 e. The summed E-state index contributed by atoms with van der Waals surface area (Å²) in [6.07, 6.45) is 3.22. The predicted octanol–water partition coefficient (Wildman–Crippen LogP) is 4.49. The van der Waals surface area contributed by atoms with E-state index in [1.54, 1.807) is 11.8 Å². The number of amides is 2. The van der Waals surface area contributed by atoms with E-state index in [1.807, 2.05) is 38.1 Å². The van der Waals surface area contributed by atoms with Crippen LogP contribution in [0, 0.1) is 23.5 Å². The van der Waals surface area contributed by atoms with E-state index in [2.05, 4.69) is 27.5 Å². The van der Waals surface area contributed by atoms with Crippen LogP contribution in [0.15, 0.2) is 60.9 Å². The molecule has 0 saturated carbocycles. The summed E-state index contributed by atoms with van der Waals surface area (Å²) in [6.45, 7) is 7.44. The number of aliphatic hydroxyl groups excluding tert-OH is 1. The number of halogens is 2. The highest BCUT2D eigenvalue weighted by Gasteiger charge is 2.24. The van der Waals surface area contributed by atoms with Crippen LogP contribution in [-0.4, -0.2) is 58.6 Å². The van der Waals surface area contributed by atoms with Crippen LogP contribution >= 0.6 is 0 Å². The van der Waals surface area contributed by atoms with E-state index in [0.29, 0.717) is 19.6 Å². The van der Waals surface area contributed by atoms with E-state index in [-0.39, 0.29) is 35.6 Å². The topological polar surface area (TPSA) is 94.6 Å². The normalized spacial score (nSPS) is 12.1. The van der Waals surface area contributed by atoms with Gasteiger partial charge in [0.05, 0.1) is 23.3 Å². The maximum absolute atomic E-state index is 13.9. The van der Waals surface area contributed by atoms with E-state index in [9.17, 15) is 23.5 Å². The van der Waals surface area contributed by atoms with Crippen LogP contribution in [0.2, 0.25) is 0 Å². The van der Waals surface area contributed by atoms with Crippen molar-refractivity contribution in [1.29, 1.82) is 0 Å². The second kappa shape index (κ2) is 16.3. The molecule has 1 aromatic heterocycles. The first-order chi connectivity index (χ1) is 20.2. The second-order valence-electron chi connectivity index (χ2n) is 10.1. The number of benzene rings is 2. The van der Waals surface area contributed by atoms with Gasteiger partial charge in [-0.05, 0) is 67.6 Å². The molecule has 9 heteroatoms. The minimum absolute atomic E-state index is 0.0301. The molecule has 0 radical (unpaired) electrons.